The first kappa shape index (κ1) is 12.3. The number of hydrogen-bond donors (Lipinski definition) is 3. The van der Waals surface area contributed by atoms with Crippen LogP contribution < -0.4 is 10.6 Å². The van der Waals surface area contributed by atoms with Crippen LogP contribution in [0.25, 0.3) is 0 Å². The molecular formula is C13H19N5O. The van der Waals surface area contributed by atoms with Crippen LogP contribution in [0.5, 0.6) is 0 Å². The Morgan fingerprint density at radius 2 is 2.00 bits per heavy atom. The first-order chi connectivity index (χ1) is 9.04. The van der Waals surface area contributed by atoms with Gasteiger partial charge in [-0.15, -0.1) is 0 Å². The second-order valence-electron chi connectivity index (χ2n) is 5.53. The van der Waals surface area contributed by atoms with Crippen LogP contribution in [0.3, 0.4) is 0 Å². The lowest BCUT2D eigenvalue weighted by atomic mass is 10.0. The molecule has 0 aliphatic carbocycles. The van der Waals surface area contributed by atoms with Gasteiger partial charge in [0.25, 0.3) is 0 Å². The van der Waals surface area contributed by atoms with Crippen molar-refractivity contribution < 1.29 is 5.11 Å². The third-order valence-corrected chi connectivity index (χ3v) is 4.06. The minimum Gasteiger partial charge on any atom is -0.393 e. The number of amidine groups is 1. The molecule has 3 rings (SSSR count). The van der Waals surface area contributed by atoms with Gasteiger partial charge in [-0.05, 0) is 38.7 Å². The van der Waals surface area contributed by atoms with Crippen molar-refractivity contribution in [1.29, 1.82) is 5.41 Å². The van der Waals surface area contributed by atoms with Crippen molar-refractivity contribution in [2.45, 2.75) is 50.8 Å². The lowest BCUT2D eigenvalue weighted by Gasteiger charge is -2.37. The first-order valence-electron chi connectivity index (χ1n) is 6.71. The van der Waals surface area contributed by atoms with Crippen LogP contribution in [0, 0.1) is 12.3 Å². The Balaban J connectivity index is 1.96. The molecule has 2 unspecified atom stereocenters. The predicted octanol–water partition coefficient (Wildman–Crippen LogP) is 0.561. The molecule has 19 heavy (non-hydrogen) atoms. The van der Waals surface area contributed by atoms with Gasteiger partial charge in [-0.2, -0.15) is 0 Å². The van der Waals surface area contributed by atoms with Gasteiger partial charge in [-0.3, -0.25) is 5.41 Å². The van der Waals surface area contributed by atoms with Crippen LogP contribution in [0.4, 0.5) is 5.95 Å². The van der Waals surface area contributed by atoms with Gasteiger partial charge in [0.1, 0.15) is 11.5 Å². The molecule has 4 N–H and O–H groups in total. The number of nitrogens with one attached hydrogen (secondary N) is 1. The Bertz CT molecular complexity index is 504. The molecule has 2 bridgehead atoms. The molecule has 0 aromatic carbocycles. The monoisotopic (exact) mass is 261 g/mol. The summed E-state index contributed by atoms with van der Waals surface area (Å²) in [5.41, 5.74) is 6.82. The number of nitrogens with zero attached hydrogens (tertiary/aromatic N) is 3. The highest BCUT2D eigenvalue weighted by molar-refractivity contribution is 5.93. The second kappa shape index (κ2) is 4.45. The van der Waals surface area contributed by atoms with E-state index in [1.165, 1.54) is 0 Å². The number of aliphatic hydroxyl groups excluding tert-OH is 1. The molecule has 6 nitrogen and oxygen atoms in total. The highest BCUT2D eigenvalue weighted by atomic mass is 16.3. The third kappa shape index (κ3) is 2.16. The van der Waals surface area contributed by atoms with Gasteiger partial charge in [0.05, 0.1) is 6.10 Å². The van der Waals surface area contributed by atoms with Crippen LogP contribution in [-0.4, -0.2) is 39.1 Å². The Morgan fingerprint density at radius 3 is 2.58 bits per heavy atom. The summed E-state index contributed by atoms with van der Waals surface area (Å²) in [7, 11) is 0. The Hall–Kier alpha value is -1.69. The van der Waals surface area contributed by atoms with Gasteiger partial charge in [0.2, 0.25) is 5.95 Å². The van der Waals surface area contributed by atoms with E-state index in [1.807, 2.05) is 6.92 Å². The van der Waals surface area contributed by atoms with E-state index in [4.69, 9.17) is 11.1 Å². The summed E-state index contributed by atoms with van der Waals surface area (Å²) in [6.07, 6.45) is 3.51. The first-order valence-corrected chi connectivity index (χ1v) is 6.71. The van der Waals surface area contributed by atoms with E-state index in [-0.39, 0.29) is 11.9 Å². The molecule has 2 saturated heterocycles. The number of fused-ring (bicyclic) bond motifs is 2. The number of aromatic nitrogens is 2. The third-order valence-electron chi connectivity index (χ3n) is 4.06. The lowest BCUT2D eigenvalue weighted by Crippen LogP contribution is -2.45. The van der Waals surface area contributed by atoms with Gasteiger partial charge in [0.15, 0.2) is 0 Å². The van der Waals surface area contributed by atoms with Gasteiger partial charge in [-0.25, -0.2) is 9.97 Å². The predicted molar refractivity (Wildman–Crippen MR) is 72.3 cm³/mol. The molecule has 1 aromatic rings. The number of piperidine rings is 1. The average Bonchev–Trinajstić information content (AvgIpc) is 2.61. The molecule has 102 valence electrons. The van der Waals surface area contributed by atoms with Gasteiger partial charge in [0, 0.05) is 17.8 Å². The molecule has 2 fully saturated rings. The van der Waals surface area contributed by atoms with E-state index in [1.54, 1.807) is 6.07 Å². The van der Waals surface area contributed by atoms with Crippen molar-refractivity contribution in [3.05, 3.63) is 17.5 Å². The summed E-state index contributed by atoms with van der Waals surface area (Å²) in [6.45, 7) is 1.89. The number of aryl methyl sites for hydroxylation is 1. The van der Waals surface area contributed by atoms with E-state index in [0.29, 0.717) is 23.7 Å². The van der Waals surface area contributed by atoms with Crippen molar-refractivity contribution in [2.75, 3.05) is 4.90 Å². The largest absolute Gasteiger partial charge is 0.393 e. The summed E-state index contributed by atoms with van der Waals surface area (Å²) >= 11 is 0. The molecule has 2 aliphatic heterocycles. The highest BCUT2D eigenvalue weighted by Gasteiger charge is 2.41. The van der Waals surface area contributed by atoms with Gasteiger partial charge < -0.3 is 15.7 Å². The fourth-order valence-corrected chi connectivity index (χ4v) is 3.28. The number of hydrogen-bond acceptors (Lipinski definition) is 5. The number of nitrogens with two attached hydrogens (primary N) is 1. The average molecular weight is 261 g/mol. The lowest BCUT2D eigenvalue weighted by molar-refractivity contribution is 0.125. The zero-order valence-electron chi connectivity index (χ0n) is 11.0. The molecular weight excluding hydrogens is 242 g/mol. The van der Waals surface area contributed by atoms with Crippen LogP contribution in [0.1, 0.15) is 37.1 Å². The molecule has 0 saturated carbocycles. The molecule has 0 radical (unpaired) electrons. The Morgan fingerprint density at radius 1 is 1.37 bits per heavy atom. The van der Waals surface area contributed by atoms with Crippen LogP contribution >= 0.6 is 0 Å². The summed E-state index contributed by atoms with van der Waals surface area (Å²) in [5, 5.41) is 17.4. The summed E-state index contributed by atoms with van der Waals surface area (Å²) in [5.74, 6) is 0.626. The SMILES string of the molecule is Cc1cc(C(=N)N)nc(N2C3CCC2CC(O)C3)n1. The van der Waals surface area contributed by atoms with Crippen LogP contribution in [0.15, 0.2) is 6.07 Å². The minimum atomic E-state index is -0.203. The minimum absolute atomic E-state index is 0.0314. The number of aliphatic hydroxyl groups is 1. The van der Waals surface area contributed by atoms with E-state index >= 15 is 0 Å². The molecule has 0 amide bonds. The molecule has 1 aromatic heterocycles. The topological polar surface area (TPSA) is 99.1 Å². The summed E-state index contributed by atoms with van der Waals surface area (Å²) < 4.78 is 0. The van der Waals surface area contributed by atoms with Gasteiger partial charge in [-0.1, -0.05) is 0 Å². The van der Waals surface area contributed by atoms with Crippen LogP contribution in [0.2, 0.25) is 0 Å². The molecule has 2 atom stereocenters. The maximum absolute atomic E-state index is 9.83. The molecule has 3 heterocycles. The molecule has 6 heteroatoms. The summed E-state index contributed by atoms with van der Waals surface area (Å²) in [4.78, 5) is 11.1. The molecule has 2 aliphatic rings. The van der Waals surface area contributed by atoms with Crippen molar-refractivity contribution in [2.24, 2.45) is 5.73 Å². The normalized spacial score (nSPS) is 29.6. The van der Waals surface area contributed by atoms with Crippen molar-refractivity contribution in [1.82, 2.24) is 9.97 Å². The Labute approximate surface area is 112 Å². The van der Waals surface area contributed by atoms with E-state index in [2.05, 4.69) is 14.9 Å². The van der Waals surface area contributed by atoms with Gasteiger partial charge >= 0.3 is 0 Å². The number of rotatable bonds is 2. The quantitative estimate of drug-likeness (QED) is 0.533. The fraction of sp³-hybridized carbons (Fsp3) is 0.615. The van der Waals surface area contributed by atoms with Crippen molar-refractivity contribution in [3.63, 3.8) is 0 Å². The number of anilines is 1. The maximum atomic E-state index is 9.83. The highest BCUT2D eigenvalue weighted by Crippen LogP contribution is 2.37. The smallest absolute Gasteiger partial charge is 0.226 e. The summed E-state index contributed by atoms with van der Waals surface area (Å²) in [6, 6.07) is 2.36. The van der Waals surface area contributed by atoms with E-state index < -0.39 is 0 Å². The Kier molecular flexibility index (Phi) is 2.89. The zero-order chi connectivity index (χ0) is 13.6. The van der Waals surface area contributed by atoms with Crippen molar-refractivity contribution >= 4 is 11.8 Å². The second-order valence-corrected chi connectivity index (χ2v) is 5.53. The molecule has 0 spiro atoms. The van der Waals surface area contributed by atoms with Crippen molar-refractivity contribution in [3.8, 4) is 0 Å². The van der Waals surface area contributed by atoms with E-state index in [9.17, 15) is 5.11 Å². The fourth-order valence-electron chi connectivity index (χ4n) is 3.28. The number of nitrogen functional groups attached to an aromatic ring is 1. The maximum Gasteiger partial charge on any atom is 0.226 e. The standard InChI is InChI=1S/C13H19N5O/c1-7-4-11(12(14)15)17-13(16-7)18-8-2-3-9(18)6-10(19)5-8/h4,8-10,19H,2-3,5-6H2,1H3,(H3,14,15). The van der Waals surface area contributed by atoms with E-state index in [0.717, 1.165) is 31.4 Å². The zero-order valence-corrected chi connectivity index (χ0v) is 11.0. The van der Waals surface area contributed by atoms with Crippen LogP contribution in [-0.2, 0) is 0 Å².